The molecule has 0 spiro atoms. The minimum Gasteiger partial charge on any atom is -0.497 e. The zero-order chi connectivity index (χ0) is 31.9. The summed E-state index contributed by atoms with van der Waals surface area (Å²) in [4.78, 5) is 29.0. The number of ether oxygens (including phenoxy) is 1. The molecule has 0 fully saturated rings. The van der Waals surface area contributed by atoms with Gasteiger partial charge >= 0.3 is 0 Å². The molecule has 0 aliphatic heterocycles. The van der Waals surface area contributed by atoms with Gasteiger partial charge in [-0.05, 0) is 60.2 Å². The average molecular weight is 675 g/mol. The second kappa shape index (κ2) is 14.8. The van der Waals surface area contributed by atoms with Gasteiger partial charge in [-0.3, -0.25) is 13.9 Å². The van der Waals surface area contributed by atoms with Crippen LogP contribution in [0.15, 0.2) is 102 Å². The zero-order valence-electron chi connectivity index (χ0n) is 23.9. The van der Waals surface area contributed by atoms with Crippen LogP contribution in [0.3, 0.4) is 0 Å². The van der Waals surface area contributed by atoms with Crippen LogP contribution in [0.4, 0.5) is 5.69 Å². The summed E-state index contributed by atoms with van der Waals surface area (Å²) >= 11 is 19.2. The minimum absolute atomic E-state index is 0.0705. The Labute approximate surface area is 272 Å². The molecule has 0 aliphatic carbocycles. The van der Waals surface area contributed by atoms with E-state index in [4.69, 9.17) is 39.5 Å². The first-order valence-corrected chi connectivity index (χ1v) is 16.0. The largest absolute Gasteiger partial charge is 0.497 e. The number of methoxy groups -OCH3 is 1. The summed E-state index contributed by atoms with van der Waals surface area (Å²) in [7, 11) is -1.36. The fourth-order valence-electron chi connectivity index (χ4n) is 4.61. The first-order chi connectivity index (χ1) is 21.0. The fraction of sp³-hybridized carbons (Fsp3) is 0.188. The average Bonchev–Trinajstić information content (AvgIpc) is 3.02. The lowest BCUT2D eigenvalue weighted by molar-refractivity contribution is -0.139. The molecule has 44 heavy (non-hydrogen) atoms. The van der Waals surface area contributed by atoms with Crippen molar-refractivity contribution in [3.63, 3.8) is 0 Å². The van der Waals surface area contributed by atoms with Gasteiger partial charge in [0.1, 0.15) is 18.3 Å². The van der Waals surface area contributed by atoms with Gasteiger partial charge in [0.05, 0.1) is 17.7 Å². The molecule has 0 saturated carbocycles. The van der Waals surface area contributed by atoms with Crippen LogP contribution in [-0.4, -0.2) is 51.9 Å². The number of rotatable bonds is 12. The molecule has 4 rings (SSSR count). The van der Waals surface area contributed by atoms with Crippen LogP contribution >= 0.6 is 34.8 Å². The summed E-state index contributed by atoms with van der Waals surface area (Å²) in [6, 6.07) is 25.0. The van der Waals surface area contributed by atoms with E-state index in [2.05, 4.69) is 5.32 Å². The molecule has 0 aromatic heterocycles. The molecule has 0 saturated heterocycles. The van der Waals surface area contributed by atoms with E-state index in [0.29, 0.717) is 21.4 Å². The predicted octanol–water partition coefficient (Wildman–Crippen LogP) is 6.24. The van der Waals surface area contributed by atoms with Gasteiger partial charge in [-0.1, -0.05) is 77.3 Å². The van der Waals surface area contributed by atoms with Gasteiger partial charge in [0.15, 0.2) is 0 Å². The molecule has 0 heterocycles. The van der Waals surface area contributed by atoms with E-state index in [1.807, 2.05) is 30.3 Å². The number of hydrogen-bond donors (Lipinski definition) is 1. The van der Waals surface area contributed by atoms with Crippen LogP contribution in [-0.2, 0) is 32.6 Å². The molecular formula is C32H30Cl3N3O5S. The van der Waals surface area contributed by atoms with Crippen molar-refractivity contribution in [3.8, 4) is 5.75 Å². The lowest BCUT2D eigenvalue weighted by atomic mass is 10.0. The van der Waals surface area contributed by atoms with Crippen molar-refractivity contribution in [2.45, 2.75) is 23.9 Å². The van der Waals surface area contributed by atoms with Crippen molar-refractivity contribution in [1.29, 1.82) is 0 Å². The number of likely N-dealkylation sites (N-methyl/N-ethyl adjacent to an activating group) is 1. The van der Waals surface area contributed by atoms with E-state index < -0.39 is 34.4 Å². The third-order valence-electron chi connectivity index (χ3n) is 6.93. The van der Waals surface area contributed by atoms with E-state index in [1.54, 1.807) is 30.3 Å². The first kappa shape index (κ1) is 33.1. The summed E-state index contributed by atoms with van der Waals surface area (Å²) in [5, 5.41) is 3.50. The molecule has 0 unspecified atom stereocenters. The minimum atomic E-state index is -4.31. The van der Waals surface area contributed by atoms with Gasteiger partial charge in [-0.25, -0.2) is 8.42 Å². The molecule has 0 bridgehead atoms. The molecular weight excluding hydrogens is 645 g/mol. The molecule has 4 aromatic rings. The van der Waals surface area contributed by atoms with E-state index in [0.717, 1.165) is 9.87 Å². The Hall–Kier alpha value is -3.76. The molecule has 8 nitrogen and oxygen atoms in total. The van der Waals surface area contributed by atoms with Crippen molar-refractivity contribution in [3.05, 3.63) is 123 Å². The Kier molecular flexibility index (Phi) is 11.2. The maximum absolute atomic E-state index is 14.4. The number of hydrogen-bond acceptors (Lipinski definition) is 5. The van der Waals surface area contributed by atoms with Gasteiger partial charge in [-0.15, -0.1) is 0 Å². The molecule has 12 heteroatoms. The Bertz CT molecular complexity index is 1700. The number of nitrogens with zero attached hydrogens (tertiary/aromatic N) is 2. The molecule has 230 valence electrons. The summed E-state index contributed by atoms with van der Waals surface area (Å²) in [6.07, 6.45) is 0.150. The number of nitrogens with one attached hydrogen (secondary N) is 1. The number of sulfonamides is 1. The Morgan fingerprint density at radius 2 is 1.50 bits per heavy atom. The Morgan fingerprint density at radius 1 is 0.864 bits per heavy atom. The molecule has 2 amide bonds. The summed E-state index contributed by atoms with van der Waals surface area (Å²) < 4.78 is 34.3. The second-order valence-corrected chi connectivity index (χ2v) is 12.8. The molecule has 4 aromatic carbocycles. The predicted molar refractivity (Wildman–Crippen MR) is 174 cm³/mol. The maximum atomic E-state index is 14.4. The smallest absolute Gasteiger partial charge is 0.264 e. The summed E-state index contributed by atoms with van der Waals surface area (Å²) in [5.74, 6) is -0.647. The Morgan fingerprint density at radius 3 is 2.09 bits per heavy atom. The lowest BCUT2D eigenvalue weighted by Crippen LogP contribution is -2.53. The quantitative estimate of drug-likeness (QED) is 0.192. The highest BCUT2D eigenvalue weighted by Crippen LogP contribution is 2.30. The van der Waals surface area contributed by atoms with Gasteiger partial charge in [-0.2, -0.15) is 0 Å². The lowest BCUT2D eigenvalue weighted by Gasteiger charge is -2.34. The second-order valence-electron chi connectivity index (χ2n) is 9.71. The normalized spacial score (nSPS) is 11.8. The Balaban J connectivity index is 1.82. The number of anilines is 1. The van der Waals surface area contributed by atoms with Crippen molar-refractivity contribution in [2.24, 2.45) is 0 Å². The fourth-order valence-corrected chi connectivity index (χ4v) is 6.72. The number of amides is 2. The molecule has 0 aliphatic rings. The van der Waals surface area contributed by atoms with Crippen LogP contribution in [0.25, 0.3) is 0 Å². The highest BCUT2D eigenvalue weighted by atomic mass is 35.5. The van der Waals surface area contributed by atoms with Crippen molar-refractivity contribution in [2.75, 3.05) is 25.0 Å². The van der Waals surface area contributed by atoms with Crippen LogP contribution in [0.2, 0.25) is 15.1 Å². The van der Waals surface area contributed by atoms with Gasteiger partial charge in [0.25, 0.3) is 10.0 Å². The van der Waals surface area contributed by atoms with Crippen LogP contribution < -0.4 is 14.4 Å². The van der Waals surface area contributed by atoms with Crippen LogP contribution in [0.5, 0.6) is 5.75 Å². The van der Waals surface area contributed by atoms with Crippen molar-refractivity contribution >= 4 is 62.3 Å². The van der Waals surface area contributed by atoms with Crippen LogP contribution in [0, 0.1) is 0 Å². The van der Waals surface area contributed by atoms with Gasteiger partial charge < -0.3 is 15.0 Å². The van der Waals surface area contributed by atoms with E-state index in [-0.39, 0.29) is 28.6 Å². The summed E-state index contributed by atoms with van der Waals surface area (Å²) in [5.41, 5.74) is 1.37. The third kappa shape index (κ3) is 7.84. The molecule has 1 atom stereocenters. The molecule has 0 radical (unpaired) electrons. The number of carbonyl (C=O) groups excluding carboxylic acids is 2. The van der Waals surface area contributed by atoms with Gasteiger partial charge in [0.2, 0.25) is 11.8 Å². The van der Waals surface area contributed by atoms with E-state index in [9.17, 15) is 18.0 Å². The molecule has 1 N–H and O–H groups in total. The van der Waals surface area contributed by atoms with Crippen molar-refractivity contribution in [1.82, 2.24) is 10.2 Å². The standard InChI is InChI=1S/C32H30Cl3N3O5S/c1-36-32(40)30(18-22-8-4-3-5-9-22)37(20-27-28(34)12-7-13-29(27)35)31(39)21-38(24-11-6-10-23(33)19-24)44(41,42)26-16-14-25(43-2)15-17-26/h3-17,19,30H,18,20-21H2,1-2H3,(H,36,40)/t30-/m1/s1. The van der Waals surface area contributed by atoms with E-state index >= 15 is 0 Å². The SMILES string of the molecule is CNC(=O)[C@@H](Cc1ccccc1)N(Cc1c(Cl)cccc1Cl)C(=O)CN(c1cccc(Cl)c1)S(=O)(=O)c1ccc(OC)cc1. The first-order valence-electron chi connectivity index (χ1n) is 13.5. The summed E-state index contributed by atoms with van der Waals surface area (Å²) in [6.45, 7) is -0.812. The number of carbonyl (C=O) groups is 2. The topological polar surface area (TPSA) is 96.0 Å². The van der Waals surface area contributed by atoms with Crippen LogP contribution in [0.1, 0.15) is 11.1 Å². The number of benzene rings is 4. The highest BCUT2D eigenvalue weighted by molar-refractivity contribution is 7.92. The zero-order valence-corrected chi connectivity index (χ0v) is 27.0. The monoisotopic (exact) mass is 673 g/mol. The van der Waals surface area contributed by atoms with Gasteiger partial charge in [0, 0.05) is 40.6 Å². The third-order valence-corrected chi connectivity index (χ3v) is 9.66. The van der Waals surface area contributed by atoms with E-state index in [1.165, 1.54) is 55.5 Å². The highest BCUT2D eigenvalue weighted by Gasteiger charge is 2.35. The maximum Gasteiger partial charge on any atom is 0.264 e. The van der Waals surface area contributed by atoms with Crippen molar-refractivity contribution < 1.29 is 22.7 Å². The number of halogens is 3.